The van der Waals surface area contributed by atoms with E-state index in [2.05, 4.69) is 25.8 Å². The van der Waals surface area contributed by atoms with Crippen molar-refractivity contribution in [2.24, 2.45) is 0 Å². The zero-order valence-corrected chi connectivity index (χ0v) is 12.0. The van der Waals surface area contributed by atoms with Crippen LogP contribution in [0.1, 0.15) is 25.7 Å². The van der Waals surface area contributed by atoms with Crippen molar-refractivity contribution >= 4 is 17.5 Å². The summed E-state index contributed by atoms with van der Waals surface area (Å²) in [5, 5.41) is 14.6. The molecule has 1 aliphatic rings. The van der Waals surface area contributed by atoms with Crippen molar-refractivity contribution in [2.45, 2.75) is 31.7 Å². The summed E-state index contributed by atoms with van der Waals surface area (Å²) in [6, 6.07) is 8.16. The van der Waals surface area contributed by atoms with Crippen molar-refractivity contribution in [1.82, 2.24) is 15.2 Å². The number of anilines is 3. The molecule has 0 spiro atoms. The molecule has 1 fully saturated rings. The number of ether oxygens (including phenoxy) is 1. The molecular formula is C15H19N5O. The second kappa shape index (κ2) is 6.39. The Balaban J connectivity index is 1.70. The molecule has 0 aliphatic heterocycles. The van der Waals surface area contributed by atoms with E-state index < -0.39 is 0 Å². The molecule has 1 aliphatic carbocycles. The highest BCUT2D eigenvalue weighted by molar-refractivity contribution is 5.58. The number of nitrogens with one attached hydrogen (secondary N) is 2. The average molecular weight is 285 g/mol. The lowest BCUT2D eigenvalue weighted by Gasteiger charge is -2.12. The van der Waals surface area contributed by atoms with Crippen molar-refractivity contribution in [1.29, 1.82) is 0 Å². The van der Waals surface area contributed by atoms with Crippen molar-refractivity contribution in [3.05, 3.63) is 30.5 Å². The SMILES string of the molecule is COc1cccc(Nc2cnnc(NC3CCCC3)n2)c1. The first-order valence-electron chi connectivity index (χ1n) is 7.21. The summed E-state index contributed by atoms with van der Waals surface area (Å²) in [6.07, 6.45) is 6.51. The predicted octanol–water partition coefficient (Wildman–Crippen LogP) is 2.98. The zero-order chi connectivity index (χ0) is 14.5. The highest BCUT2D eigenvalue weighted by atomic mass is 16.5. The van der Waals surface area contributed by atoms with Gasteiger partial charge in [-0.1, -0.05) is 18.9 Å². The molecule has 6 nitrogen and oxygen atoms in total. The van der Waals surface area contributed by atoms with E-state index in [0.717, 1.165) is 11.4 Å². The topological polar surface area (TPSA) is 72.0 Å². The minimum absolute atomic E-state index is 0.471. The van der Waals surface area contributed by atoms with Gasteiger partial charge in [0.2, 0.25) is 5.95 Å². The van der Waals surface area contributed by atoms with Crippen LogP contribution in [0.4, 0.5) is 17.5 Å². The third-order valence-corrected chi connectivity index (χ3v) is 3.59. The lowest BCUT2D eigenvalue weighted by molar-refractivity contribution is 0.415. The van der Waals surface area contributed by atoms with Crippen molar-refractivity contribution in [3.8, 4) is 5.75 Å². The van der Waals surface area contributed by atoms with Crippen LogP contribution in [0, 0.1) is 0 Å². The van der Waals surface area contributed by atoms with Gasteiger partial charge in [-0.05, 0) is 25.0 Å². The van der Waals surface area contributed by atoms with E-state index in [-0.39, 0.29) is 0 Å². The molecule has 2 N–H and O–H groups in total. The summed E-state index contributed by atoms with van der Waals surface area (Å²) < 4.78 is 5.20. The number of hydrogen-bond donors (Lipinski definition) is 2. The molecule has 0 saturated heterocycles. The standard InChI is InChI=1S/C15H19N5O/c1-21-13-8-4-7-12(9-13)17-14-10-16-20-15(19-14)18-11-5-2-3-6-11/h4,7-11H,2-3,5-6H2,1H3,(H2,17,18,19,20). The summed E-state index contributed by atoms with van der Waals surface area (Å²) in [7, 11) is 1.65. The molecule has 0 atom stereocenters. The maximum absolute atomic E-state index is 5.20. The highest BCUT2D eigenvalue weighted by Crippen LogP contribution is 2.22. The van der Waals surface area contributed by atoms with Crippen molar-refractivity contribution < 1.29 is 4.74 Å². The van der Waals surface area contributed by atoms with Crippen molar-refractivity contribution in [2.75, 3.05) is 17.7 Å². The van der Waals surface area contributed by atoms with Gasteiger partial charge in [-0.15, -0.1) is 5.10 Å². The zero-order valence-electron chi connectivity index (χ0n) is 12.0. The summed E-state index contributed by atoms with van der Waals surface area (Å²) in [5.41, 5.74) is 0.904. The first kappa shape index (κ1) is 13.6. The Morgan fingerprint density at radius 2 is 2.10 bits per heavy atom. The first-order chi connectivity index (χ1) is 10.3. The van der Waals surface area contributed by atoms with Gasteiger partial charge >= 0.3 is 0 Å². The number of nitrogens with zero attached hydrogens (tertiary/aromatic N) is 3. The quantitative estimate of drug-likeness (QED) is 0.880. The van der Waals surface area contributed by atoms with Crippen LogP contribution in [-0.4, -0.2) is 28.3 Å². The fourth-order valence-electron chi connectivity index (χ4n) is 2.53. The van der Waals surface area contributed by atoms with Gasteiger partial charge in [-0.2, -0.15) is 10.1 Å². The monoisotopic (exact) mass is 285 g/mol. The predicted molar refractivity (Wildman–Crippen MR) is 82.0 cm³/mol. The highest BCUT2D eigenvalue weighted by Gasteiger charge is 2.15. The third kappa shape index (κ3) is 3.59. The van der Waals surface area contributed by atoms with Crippen LogP contribution in [0.25, 0.3) is 0 Å². The van der Waals surface area contributed by atoms with Gasteiger partial charge in [-0.3, -0.25) is 0 Å². The molecular weight excluding hydrogens is 266 g/mol. The molecule has 3 rings (SSSR count). The van der Waals surface area contributed by atoms with Crippen LogP contribution >= 0.6 is 0 Å². The molecule has 1 heterocycles. The normalized spacial score (nSPS) is 14.9. The molecule has 0 bridgehead atoms. The fourth-order valence-corrected chi connectivity index (χ4v) is 2.53. The molecule has 0 amide bonds. The molecule has 0 radical (unpaired) electrons. The largest absolute Gasteiger partial charge is 0.497 e. The summed E-state index contributed by atoms with van der Waals surface area (Å²) in [5.74, 6) is 2.04. The Kier molecular flexibility index (Phi) is 4.14. The molecule has 1 aromatic heterocycles. The number of hydrogen-bond acceptors (Lipinski definition) is 6. The Bertz CT molecular complexity index is 598. The van der Waals surface area contributed by atoms with E-state index in [1.165, 1.54) is 25.7 Å². The first-order valence-corrected chi connectivity index (χ1v) is 7.21. The minimum atomic E-state index is 0.471. The van der Waals surface area contributed by atoms with Crippen LogP contribution in [0.3, 0.4) is 0 Å². The molecule has 1 saturated carbocycles. The van der Waals surface area contributed by atoms with Crippen LogP contribution in [0.5, 0.6) is 5.75 Å². The maximum Gasteiger partial charge on any atom is 0.244 e. The number of aromatic nitrogens is 3. The maximum atomic E-state index is 5.20. The smallest absolute Gasteiger partial charge is 0.244 e. The molecule has 1 aromatic carbocycles. The summed E-state index contributed by atoms with van der Waals surface area (Å²) in [6.45, 7) is 0. The average Bonchev–Trinajstić information content (AvgIpc) is 3.01. The number of benzene rings is 1. The second-order valence-electron chi connectivity index (χ2n) is 5.15. The number of rotatable bonds is 5. The lowest BCUT2D eigenvalue weighted by atomic mass is 10.2. The molecule has 2 aromatic rings. The van der Waals surface area contributed by atoms with Gasteiger partial charge in [0.15, 0.2) is 5.82 Å². The summed E-state index contributed by atoms with van der Waals surface area (Å²) >= 11 is 0. The van der Waals surface area contributed by atoms with Gasteiger partial charge in [-0.25, -0.2) is 0 Å². The Morgan fingerprint density at radius 3 is 2.90 bits per heavy atom. The van der Waals surface area contributed by atoms with Gasteiger partial charge in [0, 0.05) is 17.8 Å². The number of methoxy groups -OCH3 is 1. The minimum Gasteiger partial charge on any atom is -0.497 e. The Morgan fingerprint density at radius 1 is 1.24 bits per heavy atom. The van der Waals surface area contributed by atoms with E-state index in [9.17, 15) is 0 Å². The van der Waals surface area contributed by atoms with Gasteiger partial charge in [0.1, 0.15) is 5.75 Å². The molecule has 110 valence electrons. The Hall–Kier alpha value is -2.37. The van der Waals surface area contributed by atoms with Gasteiger partial charge < -0.3 is 15.4 Å². The lowest BCUT2D eigenvalue weighted by Crippen LogP contribution is -2.17. The van der Waals surface area contributed by atoms with Crippen LogP contribution < -0.4 is 15.4 Å². The van der Waals surface area contributed by atoms with E-state index >= 15 is 0 Å². The van der Waals surface area contributed by atoms with E-state index in [0.29, 0.717) is 17.8 Å². The van der Waals surface area contributed by atoms with Gasteiger partial charge in [0.05, 0.1) is 13.3 Å². The van der Waals surface area contributed by atoms with E-state index in [1.54, 1.807) is 13.3 Å². The van der Waals surface area contributed by atoms with Gasteiger partial charge in [0.25, 0.3) is 0 Å². The van der Waals surface area contributed by atoms with E-state index in [1.807, 2.05) is 24.3 Å². The molecule has 0 unspecified atom stereocenters. The van der Waals surface area contributed by atoms with E-state index in [4.69, 9.17) is 4.74 Å². The van der Waals surface area contributed by atoms with Crippen LogP contribution in [0.15, 0.2) is 30.5 Å². The van der Waals surface area contributed by atoms with Crippen LogP contribution in [0.2, 0.25) is 0 Å². The van der Waals surface area contributed by atoms with Crippen LogP contribution in [-0.2, 0) is 0 Å². The second-order valence-corrected chi connectivity index (χ2v) is 5.15. The summed E-state index contributed by atoms with van der Waals surface area (Å²) in [4.78, 5) is 4.45. The Labute approximate surface area is 124 Å². The molecule has 6 heteroatoms. The third-order valence-electron chi connectivity index (χ3n) is 3.59. The van der Waals surface area contributed by atoms with Crippen molar-refractivity contribution in [3.63, 3.8) is 0 Å². The molecule has 21 heavy (non-hydrogen) atoms. The fraction of sp³-hybridized carbons (Fsp3) is 0.400.